The van der Waals surface area contributed by atoms with Crippen LogP contribution < -0.4 is 10.2 Å². The van der Waals surface area contributed by atoms with Gasteiger partial charge in [-0.1, -0.05) is 17.9 Å². The van der Waals surface area contributed by atoms with E-state index in [9.17, 15) is 5.11 Å². The van der Waals surface area contributed by atoms with Crippen molar-refractivity contribution < 1.29 is 9.52 Å². The van der Waals surface area contributed by atoms with Crippen LogP contribution >= 0.6 is 0 Å². The average Bonchev–Trinajstić information content (AvgIpc) is 2.95. The molecule has 0 amide bonds. The fourth-order valence-electron chi connectivity index (χ4n) is 3.40. The molecular formula is C14H24N4O2. The molecule has 1 aliphatic carbocycles. The topological polar surface area (TPSA) is 74.4 Å². The highest BCUT2D eigenvalue weighted by molar-refractivity contribution is 5.27. The lowest BCUT2D eigenvalue weighted by Crippen LogP contribution is -2.53. The normalized spacial score (nSPS) is 31.9. The number of rotatable bonds is 3. The van der Waals surface area contributed by atoms with Crippen molar-refractivity contribution in [3.63, 3.8) is 0 Å². The second kappa shape index (κ2) is 5.33. The van der Waals surface area contributed by atoms with E-state index in [0.29, 0.717) is 17.8 Å². The summed E-state index contributed by atoms with van der Waals surface area (Å²) in [6, 6.07) is 0.655. The van der Waals surface area contributed by atoms with Crippen LogP contribution in [0.1, 0.15) is 51.0 Å². The molecule has 0 spiro atoms. The number of hydrogen-bond donors (Lipinski definition) is 2. The average molecular weight is 280 g/mol. The van der Waals surface area contributed by atoms with Crippen LogP contribution in [0, 0.1) is 5.92 Å². The molecule has 0 aromatic carbocycles. The predicted octanol–water partition coefficient (Wildman–Crippen LogP) is 1.48. The van der Waals surface area contributed by atoms with Crippen molar-refractivity contribution in [3.8, 4) is 0 Å². The maximum absolute atomic E-state index is 10.7. The van der Waals surface area contributed by atoms with Gasteiger partial charge in [-0.15, -0.1) is 5.10 Å². The van der Waals surface area contributed by atoms with Gasteiger partial charge in [-0.25, -0.2) is 0 Å². The number of piperidine rings is 1. The Morgan fingerprint density at radius 2 is 2.25 bits per heavy atom. The van der Waals surface area contributed by atoms with Gasteiger partial charge in [0.15, 0.2) is 0 Å². The maximum atomic E-state index is 10.7. The van der Waals surface area contributed by atoms with Crippen LogP contribution in [0.25, 0.3) is 0 Å². The summed E-state index contributed by atoms with van der Waals surface area (Å²) in [5.74, 6) is 0.953. The molecule has 2 aliphatic rings. The molecule has 1 aromatic rings. The first-order valence-electron chi connectivity index (χ1n) is 7.60. The van der Waals surface area contributed by atoms with Crippen LogP contribution in [0.2, 0.25) is 0 Å². The third kappa shape index (κ3) is 2.42. The Bertz CT molecular complexity index is 464. The number of aliphatic hydroxyl groups is 1. The summed E-state index contributed by atoms with van der Waals surface area (Å²) in [5.41, 5.74) is -0.462. The van der Waals surface area contributed by atoms with Crippen LogP contribution in [-0.4, -0.2) is 41.0 Å². The molecule has 6 heteroatoms. The van der Waals surface area contributed by atoms with E-state index in [2.05, 4.69) is 20.4 Å². The summed E-state index contributed by atoms with van der Waals surface area (Å²) in [6.45, 7) is 3.61. The Hall–Kier alpha value is -1.14. The summed E-state index contributed by atoms with van der Waals surface area (Å²) in [4.78, 5) is 2.13. The second-order valence-corrected chi connectivity index (χ2v) is 6.18. The van der Waals surface area contributed by atoms with Crippen LogP contribution in [0.5, 0.6) is 0 Å². The summed E-state index contributed by atoms with van der Waals surface area (Å²) in [5, 5.41) is 22.0. The number of nitrogens with one attached hydrogen (secondary N) is 1. The molecule has 20 heavy (non-hydrogen) atoms. The van der Waals surface area contributed by atoms with E-state index in [1.54, 1.807) is 0 Å². The number of nitrogens with zero attached hydrogens (tertiary/aromatic N) is 3. The van der Waals surface area contributed by atoms with E-state index in [1.165, 1.54) is 6.42 Å². The highest BCUT2D eigenvalue weighted by Crippen LogP contribution is 2.40. The molecule has 3 rings (SSSR count). The predicted molar refractivity (Wildman–Crippen MR) is 75.5 cm³/mol. The minimum atomic E-state index is -0.462. The first-order valence-corrected chi connectivity index (χ1v) is 7.60. The zero-order chi connectivity index (χ0) is 14.2. The summed E-state index contributed by atoms with van der Waals surface area (Å²) in [7, 11) is 1.87. The zero-order valence-electron chi connectivity index (χ0n) is 12.3. The van der Waals surface area contributed by atoms with Gasteiger partial charge < -0.3 is 19.7 Å². The van der Waals surface area contributed by atoms with Crippen molar-refractivity contribution in [1.82, 2.24) is 15.5 Å². The molecule has 112 valence electrons. The van der Waals surface area contributed by atoms with Crippen LogP contribution in [0.3, 0.4) is 0 Å². The Morgan fingerprint density at radius 3 is 3.05 bits per heavy atom. The van der Waals surface area contributed by atoms with E-state index < -0.39 is 5.60 Å². The molecule has 2 N–H and O–H groups in total. The maximum Gasteiger partial charge on any atom is 0.318 e. The van der Waals surface area contributed by atoms with Gasteiger partial charge in [0.05, 0.1) is 11.6 Å². The lowest BCUT2D eigenvalue weighted by Gasteiger charge is -2.46. The van der Waals surface area contributed by atoms with E-state index >= 15 is 0 Å². The molecule has 1 saturated heterocycles. The number of anilines is 1. The Balaban J connectivity index is 1.71. The van der Waals surface area contributed by atoms with Gasteiger partial charge in [0.2, 0.25) is 5.89 Å². The smallest absolute Gasteiger partial charge is 0.318 e. The Kier molecular flexibility index (Phi) is 3.69. The monoisotopic (exact) mass is 280 g/mol. The van der Waals surface area contributed by atoms with Crippen LogP contribution in [-0.2, 0) is 0 Å². The molecule has 3 atom stereocenters. The number of aromatic nitrogens is 2. The van der Waals surface area contributed by atoms with Crippen molar-refractivity contribution in [2.24, 2.45) is 5.92 Å². The first-order chi connectivity index (χ1) is 9.62. The fourth-order valence-corrected chi connectivity index (χ4v) is 3.40. The van der Waals surface area contributed by atoms with Crippen molar-refractivity contribution >= 4 is 6.01 Å². The van der Waals surface area contributed by atoms with Crippen molar-refractivity contribution in [3.05, 3.63) is 5.89 Å². The van der Waals surface area contributed by atoms with Gasteiger partial charge in [0, 0.05) is 19.0 Å². The third-order valence-corrected chi connectivity index (χ3v) is 4.93. The van der Waals surface area contributed by atoms with Gasteiger partial charge in [-0.3, -0.25) is 0 Å². The zero-order valence-corrected chi connectivity index (χ0v) is 12.3. The minimum Gasteiger partial charge on any atom is -0.406 e. The molecule has 0 radical (unpaired) electrons. The number of hydrogen-bond acceptors (Lipinski definition) is 6. The third-order valence-electron chi connectivity index (χ3n) is 4.93. The van der Waals surface area contributed by atoms with Crippen LogP contribution in [0.15, 0.2) is 4.42 Å². The second-order valence-electron chi connectivity index (χ2n) is 6.18. The van der Waals surface area contributed by atoms with E-state index in [-0.39, 0.29) is 6.04 Å². The lowest BCUT2D eigenvalue weighted by molar-refractivity contribution is -0.0619. The first kappa shape index (κ1) is 13.8. The fraction of sp³-hybridized carbons (Fsp3) is 0.857. The van der Waals surface area contributed by atoms with Gasteiger partial charge >= 0.3 is 6.01 Å². The summed E-state index contributed by atoms with van der Waals surface area (Å²) < 4.78 is 5.75. The molecular weight excluding hydrogens is 256 g/mol. The Labute approximate surface area is 119 Å². The van der Waals surface area contributed by atoms with Crippen molar-refractivity contribution in [2.75, 3.05) is 25.0 Å². The molecule has 0 bridgehead atoms. The highest BCUT2D eigenvalue weighted by Gasteiger charge is 2.43. The molecule has 1 saturated carbocycles. The van der Waals surface area contributed by atoms with E-state index in [0.717, 1.165) is 38.8 Å². The molecule has 2 heterocycles. The van der Waals surface area contributed by atoms with E-state index in [1.807, 2.05) is 14.0 Å². The molecule has 1 aromatic heterocycles. The van der Waals surface area contributed by atoms with Gasteiger partial charge in [0.1, 0.15) is 0 Å². The number of fused-ring (bicyclic) bond motifs is 1. The molecule has 6 nitrogen and oxygen atoms in total. The minimum absolute atomic E-state index is 0.0626. The Morgan fingerprint density at radius 1 is 1.40 bits per heavy atom. The lowest BCUT2D eigenvalue weighted by atomic mass is 9.71. The van der Waals surface area contributed by atoms with E-state index in [4.69, 9.17) is 4.42 Å². The SMILES string of the molecule is CNC(C)c1nnc(N2CCC3(O)CCCCC3C2)o1. The van der Waals surface area contributed by atoms with Gasteiger partial charge in [-0.2, -0.15) is 0 Å². The van der Waals surface area contributed by atoms with Gasteiger partial charge in [0.25, 0.3) is 0 Å². The highest BCUT2D eigenvalue weighted by atomic mass is 16.4. The van der Waals surface area contributed by atoms with Crippen molar-refractivity contribution in [2.45, 2.75) is 50.7 Å². The summed E-state index contributed by atoms with van der Waals surface area (Å²) in [6.07, 6.45) is 5.21. The molecule has 2 fully saturated rings. The largest absolute Gasteiger partial charge is 0.406 e. The standard InChI is InChI=1S/C14H24N4O2/c1-10(15-2)12-16-17-13(20-12)18-8-7-14(19)6-4-3-5-11(14)9-18/h10-11,15,19H,3-9H2,1-2H3. The van der Waals surface area contributed by atoms with Crippen LogP contribution in [0.4, 0.5) is 6.01 Å². The molecule has 3 unspecified atom stereocenters. The van der Waals surface area contributed by atoms with Crippen molar-refractivity contribution in [1.29, 1.82) is 0 Å². The molecule has 1 aliphatic heterocycles. The van der Waals surface area contributed by atoms with Gasteiger partial charge in [-0.05, 0) is 33.2 Å². The quantitative estimate of drug-likeness (QED) is 0.873. The summed E-state index contributed by atoms with van der Waals surface area (Å²) >= 11 is 0.